The second-order valence-corrected chi connectivity index (χ2v) is 4.54. The number of hydrogen-bond acceptors (Lipinski definition) is 2. The highest BCUT2D eigenvalue weighted by molar-refractivity contribution is 9.10. The van der Waals surface area contributed by atoms with Crippen LogP contribution in [0, 0.1) is 0 Å². The molecule has 0 unspecified atom stereocenters. The highest BCUT2D eigenvalue weighted by atomic mass is 79.9. The lowest BCUT2D eigenvalue weighted by Crippen LogP contribution is -2.18. The van der Waals surface area contributed by atoms with Crippen LogP contribution in [0.2, 0.25) is 0 Å². The maximum absolute atomic E-state index is 11.7. The summed E-state index contributed by atoms with van der Waals surface area (Å²) in [5, 5.41) is 4.02. The molecule has 0 saturated carbocycles. The van der Waals surface area contributed by atoms with Crippen molar-refractivity contribution in [2.45, 2.75) is 19.8 Å². The van der Waals surface area contributed by atoms with Gasteiger partial charge in [-0.25, -0.2) is 5.43 Å². The highest BCUT2D eigenvalue weighted by Crippen LogP contribution is 2.11. The smallest absolute Gasteiger partial charge is 0.267 e. The summed E-state index contributed by atoms with van der Waals surface area (Å²) >= 11 is 3.32. The average molecular weight is 295 g/mol. The lowest BCUT2D eigenvalue weighted by atomic mass is 10.2. The van der Waals surface area contributed by atoms with Crippen molar-refractivity contribution in [3.8, 4) is 0 Å². The van der Waals surface area contributed by atoms with Crippen molar-refractivity contribution in [2.24, 2.45) is 5.10 Å². The van der Waals surface area contributed by atoms with Crippen LogP contribution in [0.3, 0.4) is 0 Å². The Morgan fingerprint density at radius 2 is 2.35 bits per heavy atom. The van der Waals surface area contributed by atoms with E-state index < -0.39 is 0 Å². The molecule has 1 N–H and O–H groups in total. The molecule has 0 saturated heterocycles. The van der Waals surface area contributed by atoms with E-state index in [4.69, 9.17) is 0 Å². The summed E-state index contributed by atoms with van der Waals surface area (Å²) < 4.78 is 0.873. The third kappa shape index (κ3) is 4.95. The molecule has 0 aromatic heterocycles. The monoisotopic (exact) mass is 294 g/mol. The predicted molar refractivity (Wildman–Crippen MR) is 74.1 cm³/mol. The fourth-order valence-electron chi connectivity index (χ4n) is 1.21. The zero-order valence-corrected chi connectivity index (χ0v) is 11.3. The van der Waals surface area contributed by atoms with Crippen LogP contribution in [0.4, 0.5) is 0 Å². The van der Waals surface area contributed by atoms with Gasteiger partial charge in [0.1, 0.15) is 0 Å². The molecule has 0 bridgehead atoms. The third-order valence-electron chi connectivity index (χ3n) is 2.15. The van der Waals surface area contributed by atoms with Crippen LogP contribution >= 0.6 is 15.9 Å². The highest BCUT2D eigenvalue weighted by Gasteiger charge is 2.04. The van der Waals surface area contributed by atoms with Crippen molar-refractivity contribution in [1.82, 2.24) is 5.43 Å². The van der Waals surface area contributed by atoms with Gasteiger partial charge in [-0.05, 0) is 38.0 Å². The molecule has 0 radical (unpaired) electrons. The molecule has 0 aliphatic carbocycles. The van der Waals surface area contributed by atoms with Gasteiger partial charge in [0, 0.05) is 15.7 Å². The van der Waals surface area contributed by atoms with E-state index in [1.807, 2.05) is 25.1 Å². The summed E-state index contributed by atoms with van der Waals surface area (Å²) in [5.41, 5.74) is 3.99. The Bertz CT molecular complexity index is 441. The van der Waals surface area contributed by atoms with Gasteiger partial charge < -0.3 is 0 Å². The van der Waals surface area contributed by atoms with Crippen LogP contribution in [0.25, 0.3) is 0 Å². The number of hydrogen-bond donors (Lipinski definition) is 1. The molecule has 90 valence electrons. The number of amides is 1. The summed E-state index contributed by atoms with van der Waals surface area (Å²) in [7, 11) is 0. The average Bonchev–Trinajstić information content (AvgIpc) is 2.33. The standard InChI is InChI=1S/C13H15BrN2O/c1-3-4-6-10(2)15-16-13(17)11-7-5-8-12(14)9-11/h3,5,7-9H,1,4,6H2,2H3,(H,16,17)/b15-10-. The largest absolute Gasteiger partial charge is 0.271 e. The number of rotatable bonds is 5. The van der Waals surface area contributed by atoms with Gasteiger partial charge in [0.25, 0.3) is 5.91 Å². The van der Waals surface area contributed by atoms with Gasteiger partial charge in [0.2, 0.25) is 0 Å². The first-order valence-electron chi connectivity index (χ1n) is 5.33. The molecule has 1 aromatic carbocycles. The lowest BCUT2D eigenvalue weighted by molar-refractivity contribution is 0.0954. The van der Waals surface area contributed by atoms with Gasteiger partial charge in [0.15, 0.2) is 0 Å². The van der Waals surface area contributed by atoms with Gasteiger partial charge in [-0.15, -0.1) is 6.58 Å². The molecule has 0 atom stereocenters. The Hall–Kier alpha value is -1.42. The lowest BCUT2D eigenvalue weighted by Gasteiger charge is -2.02. The Balaban J connectivity index is 2.58. The molecule has 1 amide bonds. The maximum Gasteiger partial charge on any atom is 0.271 e. The van der Waals surface area contributed by atoms with E-state index in [-0.39, 0.29) is 5.91 Å². The van der Waals surface area contributed by atoms with Crippen LogP contribution in [0.5, 0.6) is 0 Å². The number of allylic oxidation sites excluding steroid dienone is 1. The number of hydrazone groups is 1. The summed E-state index contributed by atoms with van der Waals surface area (Å²) in [5.74, 6) is -0.204. The Kier molecular flexibility index (Phi) is 5.63. The Labute approximate surface area is 110 Å². The predicted octanol–water partition coefficient (Wildman–Crippen LogP) is 3.52. The van der Waals surface area contributed by atoms with Crippen LogP contribution in [0.1, 0.15) is 30.1 Å². The Morgan fingerprint density at radius 1 is 1.59 bits per heavy atom. The molecule has 3 nitrogen and oxygen atoms in total. The Morgan fingerprint density at radius 3 is 3.00 bits per heavy atom. The van der Waals surface area contributed by atoms with E-state index in [1.54, 1.807) is 12.1 Å². The first-order valence-corrected chi connectivity index (χ1v) is 6.12. The topological polar surface area (TPSA) is 41.5 Å². The van der Waals surface area contributed by atoms with Crippen molar-refractivity contribution in [1.29, 1.82) is 0 Å². The fraction of sp³-hybridized carbons (Fsp3) is 0.231. The van der Waals surface area contributed by atoms with Crippen LogP contribution < -0.4 is 5.43 Å². The van der Waals surface area contributed by atoms with E-state index >= 15 is 0 Å². The number of carbonyl (C=O) groups excluding carboxylic acids is 1. The number of nitrogens with zero attached hydrogens (tertiary/aromatic N) is 1. The minimum absolute atomic E-state index is 0.204. The first kappa shape index (κ1) is 13.6. The number of halogens is 1. The van der Waals surface area contributed by atoms with Crippen LogP contribution in [-0.4, -0.2) is 11.6 Å². The minimum atomic E-state index is -0.204. The summed E-state index contributed by atoms with van der Waals surface area (Å²) in [6.45, 7) is 5.52. The number of nitrogens with one attached hydrogen (secondary N) is 1. The van der Waals surface area contributed by atoms with E-state index in [1.165, 1.54) is 0 Å². The molecular weight excluding hydrogens is 280 g/mol. The van der Waals surface area contributed by atoms with Crippen molar-refractivity contribution in [2.75, 3.05) is 0 Å². The molecule has 0 fully saturated rings. The van der Waals surface area contributed by atoms with Crippen molar-refractivity contribution in [3.63, 3.8) is 0 Å². The van der Waals surface area contributed by atoms with Crippen molar-refractivity contribution in [3.05, 3.63) is 47.0 Å². The summed E-state index contributed by atoms with van der Waals surface area (Å²) in [6.07, 6.45) is 3.50. The molecule has 17 heavy (non-hydrogen) atoms. The third-order valence-corrected chi connectivity index (χ3v) is 2.64. The molecule has 0 spiro atoms. The quantitative estimate of drug-likeness (QED) is 0.504. The van der Waals surface area contributed by atoms with Gasteiger partial charge >= 0.3 is 0 Å². The molecule has 0 aliphatic rings. The normalized spacial score (nSPS) is 11.1. The number of benzene rings is 1. The van der Waals surface area contributed by atoms with Gasteiger partial charge in [-0.3, -0.25) is 4.79 Å². The van der Waals surface area contributed by atoms with Crippen LogP contribution in [-0.2, 0) is 0 Å². The summed E-state index contributed by atoms with van der Waals surface area (Å²) in [4.78, 5) is 11.7. The zero-order chi connectivity index (χ0) is 12.7. The maximum atomic E-state index is 11.7. The van der Waals surface area contributed by atoms with Crippen LogP contribution in [0.15, 0.2) is 46.5 Å². The minimum Gasteiger partial charge on any atom is -0.267 e. The van der Waals surface area contributed by atoms with Gasteiger partial charge in [-0.2, -0.15) is 5.10 Å². The second-order valence-electron chi connectivity index (χ2n) is 3.63. The molecule has 1 rings (SSSR count). The molecule has 1 aromatic rings. The van der Waals surface area contributed by atoms with E-state index in [9.17, 15) is 4.79 Å². The first-order chi connectivity index (χ1) is 8.13. The molecule has 4 heteroatoms. The fourth-order valence-corrected chi connectivity index (χ4v) is 1.61. The van der Waals surface area contributed by atoms with E-state index in [0.29, 0.717) is 5.56 Å². The number of carbonyl (C=O) groups is 1. The molecule has 0 aliphatic heterocycles. The van der Waals surface area contributed by atoms with Gasteiger partial charge in [0.05, 0.1) is 0 Å². The van der Waals surface area contributed by atoms with E-state index in [0.717, 1.165) is 23.0 Å². The van der Waals surface area contributed by atoms with E-state index in [2.05, 4.69) is 33.0 Å². The molecule has 0 heterocycles. The van der Waals surface area contributed by atoms with Crippen molar-refractivity contribution >= 4 is 27.5 Å². The zero-order valence-electron chi connectivity index (χ0n) is 9.74. The van der Waals surface area contributed by atoms with Gasteiger partial charge in [-0.1, -0.05) is 28.1 Å². The molecular formula is C13H15BrN2O. The second kappa shape index (κ2) is 7.01. The SMILES string of the molecule is C=CCC/C(C)=N\NC(=O)c1cccc(Br)c1. The van der Waals surface area contributed by atoms with Crippen molar-refractivity contribution < 1.29 is 4.79 Å². The summed E-state index contributed by atoms with van der Waals surface area (Å²) in [6, 6.07) is 7.18.